The highest BCUT2D eigenvalue weighted by Gasteiger charge is 2.32. The quantitative estimate of drug-likeness (QED) is 0.219. The normalized spacial score (nSPS) is 12.3. The third kappa shape index (κ3) is 4.37. The van der Waals surface area contributed by atoms with Gasteiger partial charge in [-0.3, -0.25) is 4.57 Å². The molecule has 0 radical (unpaired) electrons. The van der Waals surface area contributed by atoms with Gasteiger partial charge in [-0.05, 0) is 76.6 Å². The Bertz CT molecular complexity index is 1810. The molecule has 202 valence electrons. The van der Waals surface area contributed by atoms with Crippen molar-refractivity contribution < 1.29 is 17.6 Å². The number of aromatic nitrogens is 2. The van der Waals surface area contributed by atoms with Crippen LogP contribution in [0.5, 0.6) is 0 Å². The van der Waals surface area contributed by atoms with Crippen molar-refractivity contribution >= 4 is 22.0 Å². The molecule has 0 saturated heterocycles. The standard InChI is InChI=1S/C34H29F3N2O/c1-20(2)25-16-23(22-10-6-5-7-11-22)17-26(21(3)4)32(25)39-30-13-9-8-12-29(30)38-33(39)28-19-40-31-15-14-24(18-27(28)31)34(35,36)37/h5-21H,1-4H3. The summed E-state index contributed by atoms with van der Waals surface area (Å²) in [7, 11) is 0. The number of imidazole rings is 1. The van der Waals surface area contributed by atoms with E-state index in [1.807, 2.05) is 42.5 Å². The van der Waals surface area contributed by atoms with Gasteiger partial charge in [0, 0.05) is 5.39 Å². The Morgan fingerprint density at radius 3 is 2.05 bits per heavy atom. The summed E-state index contributed by atoms with van der Waals surface area (Å²) in [6.45, 7) is 8.66. The zero-order valence-corrected chi connectivity index (χ0v) is 22.8. The van der Waals surface area contributed by atoms with Gasteiger partial charge in [-0.25, -0.2) is 4.98 Å². The van der Waals surface area contributed by atoms with Gasteiger partial charge >= 0.3 is 6.18 Å². The summed E-state index contributed by atoms with van der Waals surface area (Å²) < 4.78 is 48.9. The lowest BCUT2D eigenvalue weighted by Crippen LogP contribution is -2.09. The highest BCUT2D eigenvalue weighted by molar-refractivity contribution is 5.96. The molecule has 6 aromatic rings. The molecule has 2 aromatic heterocycles. The lowest BCUT2D eigenvalue weighted by Gasteiger charge is -2.24. The lowest BCUT2D eigenvalue weighted by molar-refractivity contribution is -0.137. The van der Waals surface area contributed by atoms with Gasteiger partial charge in [0.2, 0.25) is 0 Å². The minimum atomic E-state index is -4.47. The number of alkyl halides is 3. The molecule has 4 aromatic carbocycles. The van der Waals surface area contributed by atoms with Crippen molar-refractivity contribution in [1.82, 2.24) is 9.55 Å². The van der Waals surface area contributed by atoms with Gasteiger partial charge in [0.05, 0.1) is 27.8 Å². The summed E-state index contributed by atoms with van der Waals surface area (Å²) in [5.74, 6) is 0.890. The number of hydrogen-bond acceptors (Lipinski definition) is 2. The molecule has 0 bridgehead atoms. The number of hydrogen-bond donors (Lipinski definition) is 0. The molecule has 0 aliphatic heterocycles. The molecule has 3 nitrogen and oxygen atoms in total. The Balaban J connectivity index is 1.70. The Morgan fingerprint density at radius 1 is 0.750 bits per heavy atom. The molecule has 0 saturated carbocycles. The fourth-order valence-electron chi connectivity index (χ4n) is 5.43. The van der Waals surface area contributed by atoms with E-state index in [9.17, 15) is 13.2 Å². The van der Waals surface area contributed by atoms with E-state index in [2.05, 4.69) is 56.5 Å². The van der Waals surface area contributed by atoms with Crippen molar-refractivity contribution in [2.75, 3.05) is 0 Å². The molecule has 0 N–H and O–H groups in total. The number of benzene rings is 4. The van der Waals surface area contributed by atoms with Crippen molar-refractivity contribution in [1.29, 1.82) is 0 Å². The molecular weight excluding hydrogens is 509 g/mol. The van der Waals surface area contributed by atoms with Crippen LogP contribution in [0.1, 0.15) is 56.2 Å². The predicted molar refractivity (Wildman–Crippen MR) is 155 cm³/mol. The number of nitrogens with zero attached hydrogens (tertiary/aromatic N) is 2. The maximum atomic E-state index is 13.7. The van der Waals surface area contributed by atoms with Crippen LogP contribution >= 0.6 is 0 Å². The van der Waals surface area contributed by atoms with Gasteiger partial charge in [-0.2, -0.15) is 13.2 Å². The monoisotopic (exact) mass is 538 g/mol. The van der Waals surface area contributed by atoms with Crippen molar-refractivity contribution in [3.63, 3.8) is 0 Å². The summed E-state index contributed by atoms with van der Waals surface area (Å²) in [6.07, 6.45) is -2.95. The molecule has 0 aliphatic carbocycles. The van der Waals surface area contributed by atoms with Crippen LogP contribution < -0.4 is 0 Å². The fraction of sp³-hybridized carbons (Fsp3) is 0.206. The Morgan fingerprint density at radius 2 is 1.40 bits per heavy atom. The van der Waals surface area contributed by atoms with Gasteiger partial charge in [0.25, 0.3) is 0 Å². The second-order valence-electron chi connectivity index (χ2n) is 10.8. The maximum absolute atomic E-state index is 13.7. The minimum Gasteiger partial charge on any atom is -0.464 e. The number of para-hydroxylation sites is 2. The topological polar surface area (TPSA) is 31.0 Å². The Kier molecular flexibility index (Phi) is 6.29. The van der Waals surface area contributed by atoms with E-state index in [0.717, 1.165) is 51.1 Å². The number of halogens is 3. The summed E-state index contributed by atoms with van der Waals surface area (Å²) in [5, 5.41) is 0.379. The van der Waals surface area contributed by atoms with Crippen LogP contribution in [0.3, 0.4) is 0 Å². The van der Waals surface area contributed by atoms with Gasteiger partial charge < -0.3 is 4.42 Å². The molecule has 0 amide bonds. The molecular formula is C34H29F3N2O. The van der Waals surface area contributed by atoms with E-state index >= 15 is 0 Å². The third-order valence-corrected chi connectivity index (χ3v) is 7.45. The predicted octanol–water partition coefficient (Wildman–Crippen LogP) is 10.4. The minimum absolute atomic E-state index is 0.170. The average Bonchev–Trinajstić information content (AvgIpc) is 3.53. The molecule has 0 spiro atoms. The highest BCUT2D eigenvalue weighted by Crippen LogP contribution is 2.42. The average molecular weight is 539 g/mol. The zero-order chi connectivity index (χ0) is 28.2. The largest absolute Gasteiger partial charge is 0.464 e. The molecule has 0 fully saturated rings. The van der Waals surface area contributed by atoms with Crippen LogP contribution in [0.4, 0.5) is 13.2 Å². The van der Waals surface area contributed by atoms with E-state index in [0.29, 0.717) is 22.4 Å². The lowest BCUT2D eigenvalue weighted by atomic mass is 9.88. The molecule has 0 unspecified atom stereocenters. The van der Waals surface area contributed by atoms with E-state index < -0.39 is 11.7 Å². The Hall–Kier alpha value is -4.32. The van der Waals surface area contributed by atoms with Crippen LogP contribution in [0, 0.1) is 0 Å². The first kappa shape index (κ1) is 25.9. The van der Waals surface area contributed by atoms with Crippen molar-refractivity contribution in [3.05, 3.63) is 108 Å². The summed E-state index contributed by atoms with van der Waals surface area (Å²) >= 11 is 0. The molecule has 6 heteroatoms. The number of furan rings is 1. The molecule has 2 heterocycles. The van der Waals surface area contributed by atoms with Crippen LogP contribution in [0.25, 0.3) is 50.2 Å². The van der Waals surface area contributed by atoms with Crippen molar-refractivity contribution in [3.8, 4) is 28.2 Å². The highest BCUT2D eigenvalue weighted by atomic mass is 19.4. The van der Waals surface area contributed by atoms with Gasteiger partial charge in [-0.1, -0.05) is 70.2 Å². The second kappa shape index (κ2) is 9.70. The van der Waals surface area contributed by atoms with E-state index in [4.69, 9.17) is 9.40 Å². The summed E-state index contributed by atoms with van der Waals surface area (Å²) in [6, 6.07) is 26.2. The van der Waals surface area contributed by atoms with Gasteiger partial charge in [0.15, 0.2) is 0 Å². The molecule has 6 rings (SSSR count). The summed E-state index contributed by atoms with van der Waals surface area (Å²) in [4.78, 5) is 4.98. The molecule has 40 heavy (non-hydrogen) atoms. The first-order chi connectivity index (χ1) is 19.1. The second-order valence-corrected chi connectivity index (χ2v) is 10.8. The van der Waals surface area contributed by atoms with Crippen LogP contribution in [0.2, 0.25) is 0 Å². The van der Waals surface area contributed by atoms with Crippen molar-refractivity contribution in [2.24, 2.45) is 0 Å². The molecule has 0 atom stereocenters. The number of fused-ring (bicyclic) bond motifs is 2. The van der Waals surface area contributed by atoms with E-state index in [1.165, 1.54) is 12.3 Å². The first-order valence-electron chi connectivity index (χ1n) is 13.4. The van der Waals surface area contributed by atoms with Crippen LogP contribution in [0.15, 0.2) is 95.6 Å². The smallest absolute Gasteiger partial charge is 0.416 e. The Labute approximate surface area is 230 Å². The third-order valence-electron chi connectivity index (χ3n) is 7.45. The zero-order valence-electron chi connectivity index (χ0n) is 22.8. The SMILES string of the molecule is CC(C)c1cc(-c2ccccc2)cc(C(C)C)c1-n1c(-c2coc3ccc(C(F)(F)F)cc23)nc2ccccc21. The van der Waals surface area contributed by atoms with Gasteiger partial charge in [-0.15, -0.1) is 0 Å². The molecule has 0 aliphatic rings. The van der Waals surface area contributed by atoms with Crippen LogP contribution in [-0.4, -0.2) is 9.55 Å². The van der Waals surface area contributed by atoms with Crippen molar-refractivity contribution in [2.45, 2.75) is 45.7 Å². The fourth-order valence-corrected chi connectivity index (χ4v) is 5.43. The summed E-state index contributed by atoms with van der Waals surface area (Å²) in [5.41, 5.74) is 7.38. The van der Waals surface area contributed by atoms with E-state index in [-0.39, 0.29) is 11.8 Å². The number of rotatable bonds is 5. The first-order valence-corrected chi connectivity index (χ1v) is 13.4. The maximum Gasteiger partial charge on any atom is 0.416 e. The van der Waals surface area contributed by atoms with Crippen LogP contribution in [-0.2, 0) is 6.18 Å². The van der Waals surface area contributed by atoms with E-state index in [1.54, 1.807) is 0 Å². The van der Waals surface area contributed by atoms with Gasteiger partial charge in [0.1, 0.15) is 17.7 Å².